The number of halogens is 1. The zero-order chi connectivity index (χ0) is 11.7. The molecule has 4 nitrogen and oxygen atoms in total. The van der Waals surface area contributed by atoms with Crippen LogP contribution in [-0.4, -0.2) is 17.3 Å². The minimum atomic E-state index is 0.536. The van der Waals surface area contributed by atoms with Crippen LogP contribution < -0.4 is 10.5 Å². The predicted molar refractivity (Wildman–Crippen MR) is 67.4 cm³/mol. The second-order valence-electron chi connectivity index (χ2n) is 3.47. The second kappa shape index (κ2) is 4.17. The molecule has 0 saturated heterocycles. The first kappa shape index (κ1) is 11.0. The lowest BCUT2D eigenvalue weighted by Crippen LogP contribution is -1.93. The van der Waals surface area contributed by atoms with E-state index in [4.69, 9.17) is 10.5 Å². The molecule has 0 spiro atoms. The van der Waals surface area contributed by atoms with E-state index in [9.17, 15) is 0 Å². The minimum absolute atomic E-state index is 0.536. The van der Waals surface area contributed by atoms with Gasteiger partial charge in [0.05, 0.1) is 17.8 Å². The molecule has 2 aromatic rings. The molecule has 1 heterocycles. The average Bonchev–Trinajstić information content (AvgIpc) is 2.68. The minimum Gasteiger partial charge on any atom is -0.495 e. The molecule has 3 N–H and O–H groups in total. The molecule has 1 aromatic heterocycles. The molecule has 0 bridgehead atoms. The van der Waals surface area contributed by atoms with Crippen LogP contribution in [0.15, 0.2) is 22.8 Å². The highest BCUT2D eigenvalue weighted by Crippen LogP contribution is 2.39. The van der Waals surface area contributed by atoms with Crippen LogP contribution in [0.5, 0.6) is 5.75 Å². The number of benzene rings is 1. The number of methoxy groups -OCH3 is 1. The Kier molecular flexibility index (Phi) is 2.87. The lowest BCUT2D eigenvalue weighted by atomic mass is 10.1. The van der Waals surface area contributed by atoms with Gasteiger partial charge in [0.25, 0.3) is 0 Å². The molecule has 2 rings (SSSR count). The molecule has 0 radical (unpaired) electrons. The van der Waals surface area contributed by atoms with Crippen LogP contribution in [0, 0.1) is 6.92 Å². The summed E-state index contributed by atoms with van der Waals surface area (Å²) in [5.74, 6) is 1.31. The summed E-state index contributed by atoms with van der Waals surface area (Å²) < 4.78 is 6.33. The maximum atomic E-state index is 5.80. The Morgan fingerprint density at radius 2 is 2.12 bits per heavy atom. The fourth-order valence-electron chi connectivity index (χ4n) is 1.58. The number of ether oxygens (including phenoxy) is 1. The number of anilines is 1. The molecule has 0 aliphatic rings. The van der Waals surface area contributed by atoms with Crippen LogP contribution in [0.25, 0.3) is 11.1 Å². The molecule has 0 saturated carbocycles. The van der Waals surface area contributed by atoms with E-state index in [1.165, 1.54) is 0 Å². The lowest BCUT2D eigenvalue weighted by molar-refractivity contribution is 0.413. The van der Waals surface area contributed by atoms with Crippen molar-refractivity contribution in [3.63, 3.8) is 0 Å². The Bertz CT molecular complexity index is 522. The summed E-state index contributed by atoms with van der Waals surface area (Å²) in [7, 11) is 1.64. The highest BCUT2D eigenvalue weighted by atomic mass is 79.9. The van der Waals surface area contributed by atoms with Crippen molar-refractivity contribution in [1.29, 1.82) is 0 Å². The number of aromatic amines is 1. The molecule has 1 aromatic carbocycles. The number of hydrogen-bond donors (Lipinski definition) is 2. The Hall–Kier alpha value is -1.49. The number of nitrogen functional groups attached to an aromatic ring is 1. The molecular weight excluding hydrogens is 270 g/mol. The summed E-state index contributed by atoms with van der Waals surface area (Å²) in [6.45, 7) is 2.01. The van der Waals surface area contributed by atoms with Gasteiger partial charge in [-0.25, -0.2) is 0 Å². The summed E-state index contributed by atoms with van der Waals surface area (Å²) in [6.07, 6.45) is 1.69. The molecule has 0 fully saturated rings. The highest BCUT2D eigenvalue weighted by molar-refractivity contribution is 9.10. The van der Waals surface area contributed by atoms with Gasteiger partial charge in [-0.3, -0.25) is 5.10 Å². The third-order valence-corrected chi connectivity index (χ3v) is 3.44. The number of rotatable bonds is 2. The summed E-state index contributed by atoms with van der Waals surface area (Å²) >= 11 is 3.50. The molecule has 0 amide bonds. The second-order valence-corrected chi connectivity index (χ2v) is 4.27. The van der Waals surface area contributed by atoms with Crippen LogP contribution in [0.3, 0.4) is 0 Å². The normalized spacial score (nSPS) is 10.4. The Labute approximate surface area is 102 Å². The number of nitrogens with zero attached hydrogens (tertiary/aromatic N) is 1. The average molecular weight is 282 g/mol. The molecule has 0 aliphatic heterocycles. The van der Waals surface area contributed by atoms with E-state index in [1.54, 1.807) is 13.3 Å². The molecule has 84 valence electrons. The van der Waals surface area contributed by atoms with Crippen molar-refractivity contribution in [3.05, 3.63) is 28.4 Å². The predicted octanol–water partition coefficient (Wildman–Crippen LogP) is 2.74. The van der Waals surface area contributed by atoms with Gasteiger partial charge in [0.1, 0.15) is 11.6 Å². The Morgan fingerprint density at radius 1 is 1.38 bits per heavy atom. The van der Waals surface area contributed by atoms with Gasteiger partial charge >= 0.3 is 0 Å². The SMILES string of the molecule is COc1c(-c2cn[nH]c2N)ccc(C)c1Br. The third-order valence-electron chi connectivity index (χ3n) is 2.45. The van der Waals surface area contributed by atoms with Crippen molar-refractivity contribution in [1.82, 2.24) is 10.2 Å². The monoisotopic (exact) mass is 281 g/mol. The van der Waals surface area contributed by atoms with E-state index < -0.39 is 0 Å². The van der Waals surface area contributed by atoms with Crippen LogP contribution in [0.1, 0.15) is 5.56 Å². The molecule has 0 aliphatic carbocycles. The van der Waals surface area contributed by atoms with Gasteiger partial charge < -0.3 is 10.5 Å². The maximum absolute atomic E-state index is 5.80. The first-order valence-corrected chi connectivity index (χ1v) is 5.56. The summed E-state index contributed by atoms with van der Waals surface area (Å²) in [5, 5.41) is 6.61. The molecular formula is C11H12BrN3O. The first-order valence-electron chi connectivity index (χ1n) is 4.77. The van der Waals surface area contributed by atoms with Crippen LogP contribution in [-0.2, 0) is 0 Å². The van der Waals surface area contributed by atoms with Crippen LogP contribution >= 0.6 is 15.9 Å². The van der Waals surface area contributed by atoms with Crippen molar-refractivity contribution in [2.24, 2.45) is 0 Å². The van der Waals surface area contributed by atoms with Crippen LogP contribution in [0.4, 0.5) is 5.82 Å². The van der Waals surface area contributed by atoms with Crippen molar-refractivity contribution in [2.45, 2.75) is 6.92 Å². The van der Waals surface area contributed by atoms with Crippen molar-refractivity contribution in [2.75, 3.05) is 12.8 Å². The first-order chi connectivity index (χ1) is 7.65. The number of aromatic nitrogens is 2. The van der Waals surface area contributed by atoms with Crippen molar-refractivity contribution < 1.29 is 4.74 Å². The van der Waals surface area contributed by atoms with E-state index in [0.29, 0.717) is 5.82 Å². The molecule has 5 heteroatoms. The maximum Gasteiger partial charge on any atom is 0.141 e. The number of nitrogens with one attached hydrogen (secondary N) is 1. The van der Waals surface area contributed by atoms with Crippen LogP contribution in [0.2, 0.25) is 0 Å². The molecule has 0 atom stereocenters. The Morgan fingerprint density at radius 3 is 2.69 bits per heavy atom. The number of H-pyrrole nitrogens is 1. The fourth-order valence-corrected chi connectivity index (χ4v) is 2.08. The Balaban J connectivity index is 2.66. The van der Waals surface area contributed by atoms with E-state index in [-0.39, 0.29) is 0 Å². The van der Waals surface area contributed by atoms with E-state index in [1.807, 2.05) is 19.1 Å². The highest BCUT2D eigenvalue weighted by Gasteiger charge is 2.14. The topological polar surface area (TPSA) is 63.9 Å². The quantitative estimate of drug-likeness (QED) is 0.890. The van der Waals surface area contributed by atoms with E-state index in [0.717, 1.165) is 26.9 Å². The van der Waals surface area contributed by atoms with Gasteiger partial charge in [0.2, 0.25) is 0 Å². The van der Waals surface area contributed by atoms with Gasteiger partial charge in [-0.05, 0) is 28.4 Å². The standard InChI is InChI=1S/C11H12BrN3O/c1-6-3-4-7(10(16-2)9(6)12)8-5-14-15-11(8)13/h3-5H,1-2H3,(H3,13,14,15). The number of nitrogens with two attached hydrogens (primary N) is 1. The molecule has 16 heavy (non-hydrogen) atoms. The smallest absolute Gasteiger partial charge is 0.141 e. The van der Waals surface area contributed by atoms with Gasteiger partial charge in [-0.1, -0.05) is 12.1 Å². The van der Waals surface area contributed by atoms with E-state index in [2.05, 4.69) is 26.1 Å². The number of aryl methyl sites for hydroxylation is 1. The number of hydrogen-bond acceptors (Lipinski definition) is 3. The van der Waals surface area contributed by atoms with Crippen molar-refractivity contribution in [3.8, 4) is 16.9 Å². The zero-order valence-corrected chi connectivity index (χ0v) is 10.6. The fraction of sp³-hybridized carbons (Fsp3) is 0.182. The van der Waals surface area contributed by atoms with Gasteiger partial charge in [-0.15, -0.1) is 0 Å². The zero-order valence-electron chi connectivity index (χ0n) is 9.04. The largest absolute Gasteiger partial charge is 0.495 e. The third kappa shape index (κ3) is 1.67. The van der Waals surface area contributed by atoms with Gasteiger partial charge in [-0.2, -0.15) is 5.10 Å². The van der Waals surface area contributed by atoms with Crippen molar-refractivity contribution >= 4 is 21.7 Å². The summed E-state index contributed by atoms with van der Waals surface area (Å²) in [6, 6.07) is 3.98. The summed E-state index contributed by atoms with van der Waals surface area (Å²) in [5.41, 5.74) is 8.68. The molecule has 0 unspecified atom stereocenters. The summed E-state index contributed by atoms with van der Waals surface area (Å²) in [4.78, 5) is 0. The van der Waals surface area contributed by atoms with E-state index >= 15 is 0 Å². The lowest BCUT2D eigenvalue weighted by Gasteiger charge is -2.11. The van der Waals surface area contributed by atoms with Gasteiger partial charge in [0, 0.05) is 11.1 Å². The van der Waals surface area contributed by atoms with Gasteiger partial charge in [0.15, 0.2) is 0 Å².